The fraction of sp³-hybridized carbons (Fsp3) is 0.250. The van der Waals surface area contributed by atoms with Crippen LogP contribution in [0.4, 0.5) is 0 Å². The molecule has 0 unspecified atom stereocenters. The SMILES string of the molecule is Cc1ccccc1C(C)(C)c1ccccc1O. The monoisotopic (exact) mass is 226 g/mol. The molecule has 1 N–H and O–H groups in total. The molecular formula is C16H18O. The lowest BCUT2D eigenvalue weighted by atomic mass is 9.76. The highest BCUT2D eigenvalue weighted by molar-refractivity contribution is 5.47. The van der Waals surface area contributed by atoms with Crippen molar-refractivity contribution in [3.8, 4) is 5.75 Å². The molecule has 0 aromatic heterocycles. The van der Waals surface area contributed by atoms with E-state index < -0.39 is 0 Å². The predicted octanol–water partition coefficient (Wildman–Crippen LogP) is 4.03. The highest BCUT2D eigenvalue weighted by Crippen LogP contribution is 2.37. The van der Waals surface area contributed by atoms with E-state index in [1.54, 1.807) is 6.07 Å². The lowest BCUT2D eigenvalue weighted by Crippen LogP contribution is -2.20. The number of hydrogen-bond donors (Lipinski definition) is 1. The number of hydrogen-bond acceptors (Lipinski definition) is 1. The Hall–Kier alpha value is -1.76. The maximum Gasteiger partial charge on any atom is 0.119 e. The Morgan fingerprint density at radius 3 is 1.94 bits per heavy atom. The number of phenols is 1. The predicted molar refractivity (Wildman–Crippen MR) is 71.4 cm³/mol. The van der Waals surface area contributed by atoms with Gasteiger partial charge in [-0.3, -0.25) is 0 Å². The van der Waals surface area contributed by atoms with Gasteiger partial charge in [0, 0.05) is 11.0 Å². The van der Waals surface area contributed by atoms with E-state index in [0.29, 0.717) is 5.75 Å². The van der Waals surface area contributed by atoms with Crippen molar-refractivity contribution >= 4 is 0 Å². The second kappa shape index (κ2) is 4.25. The number of rotatable bonds is 2. The van der Waals surface area contributed by atoms with Crippen LogP contribution in [-0.2, 0) is 5.41 Å². The summed E-state index contributed by atoms with van der Waals surface area (Å²) >= 11 is 0. The lowest BCUT2D eigenvalue weighted by molar-refractivity contribution is 0.453. The largest absolute Gasteiger partial charge is 0.508 e. The number of aryl methyl sites for hydroxylation is 1. The first-order valence-corrected chi connectivity index (χ1v) is 5.88. The molecule has 1 heteroatoms. The van der Waals surface area contributed by atoms with Crippen molar-refractivity contribution in [1.29, 1.82) is 0 Å². The van der Waals surface area contributed by atoms with Crippen molar-refractivity contribution < 1.29 is 5.11 Å². The van der Waals surface area contributed by atoms with E-state index in [1.165, 1.54) is 11.1 Å². The first kappa shape index (κ1) is 11.7. The van der Waals surface area contributed by atoms with Crippen LogP contribution in [0.1, 0.15) is 30.5 Å². The molecule has 17 heavy (non-hydrogen) atoms. The zero-order valence-electron chi connectivity index (χ0n) is 10.6. The Balaban J connectivity index is 2.58. The van der Waals surface area contributed by atoms with Crippen LogP contribution >= 0.6 is 0 Å². The summed E-state index contributed by atoms with van der Waals surface area (Å²) in [6.07, 6.45) is 0. The molecule has 0 atom stereocenters. The van der Waals surface area contributed by atoms with E-state index in [-0.39, 0.29) is 5.41 Å². The Morgan fingerprint density at radius 2 is 1.35 bits per heavy atom. The Kier molecular flexibility index (Phi) is 2.93. The van der Waals surface area contributed by atoms with Crippen molar-refractivity contribution in [3.63, 3.8) is 0 Å². The van der Waals surface area contributed by atoms with Crippen molar-refractivity contribution in [3.05, 3.63) is 65.2 Å². The molecule has 0 spiro atoms. The molecular weight excluding hydrogens is 208 g/mol. The molecule has 0 fully saturated rings. The summed E-state index contributed by atoms with van der Waals surface area (Å²) in [5.41, 5.74) is 3.29. The average Bonchev–Trinajstić information content (AvgIpc) is 2.29. The zero-order chi connectivity index (χ0) is 12.5. The first-order chi connectivity index (χ1) is 8.03. The first-order valence-electron chi connectivity index (χ1n) is 5.88. The second-order valence-corrected chi connectivity index (χ2v) is 4.96. The van der Waals surface area contributed by atoms with Gasteiger partial charge < -0.3 is 5.11 Å². The number of phenolic OH excluding ortho intramolecular Hbond substituents is 1. The molecule has 0 saturated carbocycles. The van der Waals surface area contributed by atoms with Crippen LogP contribution in [0.15, 0.2) is 48.5 Å². The Bertz CT molecular complexity index is 479. The van der Waals surface area contributed by atoms with Gasteiger partial charge >= 0.3 is 0 Å². The van der Waals surface area contributed by atoms with Crippen LogP contribution in [0, 0.1) is 6.92 Å². The minimum absolute atomic E-state index is 0.184. The molecule has 88 valence electrons. The van der Waals surface area contributed by atoms with Gasteiger partial charge in [-0.25, -0.2) is 0 Å². The number of benzene rings is 2. The number of para-hydroxylation sites is 1. The molecule has 0 heterocycles. The summed E-state index contributed by atoms with van der Waals surface area (Å²) in [6, 6.07) is 15.9. The molecule has 0 radical (unpaired) electrons. The molecule has 2 rings (SSSR count). The molecule has 0 aliphatic heterocycles. The van der Waals surface area contributed by atoms with Crippen LogP contribution in [0.3, 0.4) is 0 Å². The maximum atomic E-state index is 10.00. The molecule has 0 saturated heterocycles. The topological polar surface area (TPSA) is 20.2 Å². The Morgan fingerprint density at radius 1 is 0.824 bits per heavy atom. The summed E-state index contributed by atoms with van der Waals surface area (Å²) in [5, 5.41) is 10.00. The summed E-state index contributed by atoms with van der Waals surface area (Å²) in [5.74, 6) is 0.362. The van der Waals surface area contributed by atoms with Gasteiger partial charge in [0.1, 0.15) is 5.75 Å². The van der Waals surface area contributed by atoms with Crippen LogP contribution < -0.4 is 0 Å². The lowest BCUT2D eigenvalue weighted by Gasteiger charge is -2.28. The number of aromatic hydroxyl groups is 1. The fourth-order valence-electron chi connectivity index (χ4n) is 2.42. The van der Waals surface area contributed by atoms with Crippen LogP contribution in [-0.4, -0.2) is 5.11 Å². The van der Waals surface area contributed by atoms with Gasteiger partial charge in [-0.2, -0.15) is 0 Å². The molecule has 0 bridgehead atoms. The molecule has 0 amide bonds. The molecule has 0 aliphatic carbocycles. The summed E-state index contributed by atoms with van der Waals surface area (Å²) in [4.78, 5) is 0. The van der Waals surface area contributed by atoms with Gasteiger partial charge in [0.25, 0.3) is 0 Å². The van der Waals surface area contributed by atoms with E-state index in [4.69, 9.17) is 0 Å². The molecule has 2 aromatic carbocycles. The van der Waals surface area contributed by atoms with Crippen molar-refractivity contribution in [2.75, 3.05) is 0 Å². The summed E-state index contributed by atoms with van der Waals surface area (Å²) in [6.45, 7) is 6.39. The highest BCUT2D eigenvalue weighted by Gasteiger charge is 2.26. The molecule has 0 aliphatic rings. The smallest absolute Gasteiger partial charge is 0.119 e. The second-order valence-electron chi connectivity index (χ2n) is 4.96. The van der Waals surface area contributed by atoms with E-state index in [9.17, 15) is 5.11 Å². The van der Waals surface area contributed by atoms with Crippen LogP contribution in [0.25, 0.3) is 0 Å². The standard InChI is InChI=1S/C16H18O/c1-12-8-4-5-9-13(12)16(2,3)14-10-6-7-11-15(14)17/h4-11,17H,1-3H3. The third-order valence-electron chi connectivity index (χ3n) is 3.40. The van der Waals surface area contributed by atoms with E-state index in [1.807, 2.05) is 30.3 Å². The van der Waals surface area contributed by atoms with Crippen molar-refractivity contribution in [1.82, 2.24) is 0 Å². The quantitative estimate of drug-likeness (QED) is 0.819. The van der Waals surface area contributed by atoms with Gasteiger partial charge in [0.2, 0.25) is 0 Å². The maximum absolute atomic E-state index is 10.00. The van der Waals surface area contributed by atoms with Gasteiger partial charge in [-0.15, -0.1) is 0 Å². The van der Waals surface area contributed by atoms with E-state index in [0.717, 1.165) is 5.56 Å². The van der Waals surface area contributed by atoms with Crippen molar-refractivity contribution in [2.45, 2.75) is 26.2 Å². The highest BCUT2D eigenvalue weighted by atomic mass is 16.3. The van der Waals surface area contributed by atoms with Gasteiger partial charge in [0.15, 0.2) is 0 Å². The normalized spacial score (nSPS) is 11.5. The summed E-state index contributed by atoms with van der Waals surface area (Å²) in [7, 11) is 0. The third-order valence-corrected chi connectivity index (χ3v) is 3.40. The fourth-order valence-corrected chi connectivity index (χ4v) is 2.42. The third kappa shape index (κ3) is 2.05. The Labute approximate surface area is 103 Å². The van der Waals surface area contributed by atoms with E-state index in [2.05, 4.69) is 32.9 Å². The van der Waals surface area contributed by atoms with Crippen LogP contribution in [0.2, 0.25) is 0 Å². The van der Waals surface area contributed by atoms with Crippen molar-refractivity contribution in [2.24, 2.45) is 0 Å². The molecule has 1 nitrogen and oxygen atoms in total. The average molecular weight is 226 g/mol. The van der Waals surface area contributed by atoms with Gasteiger partial charge in [-0.1, -0.05) is 56.3 Å². The molecule has 2 aromatic rings. The summed E-state index contributed by atoms with van der Waals surface area (Å²) < 4.78 is 0. The minimum Gasteiger partial charge on any atom is -0.508 e. The van der Waals surface area contributed by atoms with Gasteiger partial charge in [0.05, 0.1) is 0 Å². The zero-order valence-corrected chi connectivity index (χ0v) is 10.6. The van der Waals surface area contributed by atoms with Crippen LogP contribution in [0.5, 0.6) is 5.75 Å². The van der Waals surface area contributed by atoms with E-state index >= 15 is 0 Å². The van der Waals surface area contributed by atoms with Gasteiger partial charge in [-0.05, 0) is 24.1 Å². The minimum atomic E-state index is -0.184.